The summed E-state index contributed by atoms with van der Waals surface area (Å²) in [7, 11) is 4.58. The van der Waals surface area contributed by atoms with Crippen molar-refractivity contribution in [2.24, 2.45) is 11.7 Å². The van der Waals surface area contributed by atoms with E-state index in [2.05, 4.69) is 0 Å². The van der Waals surface area contributed by atoms with Crippen molar-refractivity contribution in [3.05, 3.63) is 23.3 Å². The molecule has 124 valence electrons. The first-order chi connectivity index (χ1) is 10.3. The molecule has 0 aliphatic carbocycles. The molecule has 0 aromatic heterocycles. The third-order valence-corrected chi connectivity index (χ3v) is 4.19. The number of ether oxygens (including phenoxy) is 2. The Hall–Kier alpha value is -1.47. The Kier molecular flexibility index (Phi) is 4.87. The van der Waals surface area contributed by atoms with Crippen LogP contribution in [0.1, 0.15) is 23.6 Å². The van der Waals surface area contributed by atoms with Gasteiger partial charge in [-0.15, -0.1) is 0 Å². The van der Waals surface area contributed by atoms with E-state index in [4.69, 9.17) is 15.2 Å². The Morgan fingerprint density at radius 1 is 1.27 bits per heavy atom. The van der Waals surface area contributed by atoms with E-state index in [1.807, 2.05) is 4.90 Å². The van der Waals surface area contributed by atoms with Crippen molar-refractivity contribution in [2.45, 2.75) is 18.6 Å². The van der Waals surface area contributed by atoms with Crippen LogP contribution in [0.2, 0.25) is 0 Å². The van der Waals surface area contributed by atoms with Gasteiger partial charge in [-0.3, -0.25) is 4.90 Å². The van der Waals surface area contributed by atoms with Crippen molar-refractivity contribution in [3.8, 4) is 11.5 Å². The molecule has 2 rings (SSSR count). The van der Waals surface area contributed by atoms with Crippen LogP contribution in [0, 0.1) is 5.92 Å². The van der Waals surface area contributed by atoms with Gasteiger partial charge in [-0.2, -0.15) is 13.2 Å². The summed E-state index contributed by atoms with van der Waals surface area (Å²) in [5.74, 6) is 0.619. The lowest BCUT2D eigenvalue weighted by molar-refractivity contribution is -0.138. The molecule has 2 N–H and O–H groups in total. The van der Waals surface area contributed by atoms with Crippen LogP contribution in [0.3, 0.4) is 0 Å². The fourth-order valence-corrected chi connectivity index (χ4v) is 3.14. The molecule has 1 saturated heterocycles. The van der Waals surface area contributed by atoms with Gasteiger partial charge in [0.15, 0.2) is 11.5 Å². The number of hydrogen-bond acceptors (Lipinski definition) is 4. The van der Waals surface area contributed by atoms with Gasteiger partial charge in [-0.05, 0) is 38.1 Å². The van der Waals surface area contributed by atoms with Crippen LogP contribution in [0.15, 0.2) is 12.1 Å². The van der Waals surface area contributed by atoms with E-state index < -0.39 is 17.8 Å². The number of nitrogens with two attached hydrogens (primary N) is 1. The number of likely N-dealkylation sites (tertiary alicyclic amines) is 1. The lowest BCUT2D eigenvalue weighted by Gasteiger charge is -2.26. The van der Waals surface area contributed by atoms with Crippen LogP contribution in [0.5, 0.6) is 11.5 Å². The zero-order valence-electron chi connectivity index (χ0n) is 12.9. The smallest absolute Gasteiger partial charge is 0.416 e. The van der Waals surface area contributed by atoms with Crippen molar-refractivity contribution in [2.75, 3.05) is 34.4 Å². The van der Waals surface area contributed by atoms with Gasteiger partial charge in [-0.25, -0.2) is 0 Å². The van der Waals surface area contributed by atoms with Gasteiger partial charge in [0.2, 0.25) is 0 Å². The number of rotatable bonds is 4. The molecule has 2 atom stereocenters. The molecule has 7 heteroatoms. The van der Waals surface area contributed by atoms with Crippen LogP contribution < -0.4 is 15.2 Å². The largest absolute Gasteiger partial charge is 0.493 e. The number of halogens is 3. The fraction of sp³-hybridized carbons (Fsp3) is 0.600. The molecule has 4 nitrogen and oxygen atoms in total. The monoisotopic (exact) mass is 318 g/mol. The second kappa shape index (κ2) is 6.34. The van der Waals surface area contributed by atoms with Gasteiger partial charge in [-0.1, -0.05) is 0 Å². The maximum atomic E-state index is 13.4. The van der Waals surface area contributed by atoms with E-state index in [0.717, 1.165) is 6.07 Å². The van der Waals surface area contributed by atoms with Crippen molar-refractivity contribution < 1.29 is 22.6 Å². The molecule has 22 heavy (non-hydrogen) atoms. The zero-order chi connectivity index (χ0) is 16.5. The van der Waals surface area contributed by atoms with Gasteiger partial charge in [0.25, 0.3) is 0 Å². The second-order valence-corrected chi connectivity index (χ2v) is 5.55. The Bertz CT molecular complexity index is 534. The number of methoxy groups -OCH3 is 2. The lowest BCUT2D eigenvalue weighted by atomic mass is 9.94. The van der Waals surface area contributed by atoms with E-state index in [1.165, 1.54) is 20.3 Å². The molecule has 0 saturated carbocycles. The van der Waals surface area contributed by atoms with Gasteiger partial charge in [0, 0.05) is 18.2 Å². The molecule has 2 unspecified atom stereocenters. The van der Waals surface area contributed by atoms with Crippen molar-refractivity contribution >= 4 is 0 Å². The van der Waals surface area contributed by atoms with Crippen molar-refractivity contribution in [1.82, 2.24) is 4.90 Å². The third kappa shape index (κ3) is 3.01. The van der Waals surface area contributed by atoms with Crippen molar-refractivity contribution in [3.63, 3.8) is 0 Å². The minimum absolute atomic E-state index is 0.132. The first-order valence-electron chi connectivity index (χ1n) is 7.05. The normalized spacial score (nSPS) is 22.9. The first-order valence-corrected chi connectivity index (χ1v) is 7.05. The minimum atomic E-state index is -4.45. The summed E-state index contributed by atoms with van der Waals surface area (Å²) in [6, 6.07) is 1.95. The predicted octanol–water partition coefficient (Wildman–Crippen LogP) is 2.67. The summed E-state index contributed by atoms with van der Waals surface area (Å²) < 4.78 is 50.7. The molecular weight excluding hydrogens is 297 g/mol. The third-order valence-electron chi connectivity index (χ3n) is 4.19. The maximum absolute atomic E-state index is 13.4. The van der Waals surface area contributed by atoms with E-state index in [-0.39, 0.29) is 17.2 Å². The Morgan fingerprint density at radius 3 is 2.41 bits per heavy atom. The Balaban J connectivity index is 2.60. The molecule has 0 radical (unpaired) electrons. The summed E-state index contributed by atoms with van der Waals surface area (Å²) in [6.45, 7) is 1.12. The van der Waals surface area contributed by atoms with E-state index in [9.17, 15) is 13.2 Å². The van der Waals surface area contributed by atoms with E-state index >= 15 is 0 Å². The number of benzene rings is 1. The average Bonchev–Trinajstić information content (AvgIpc) is 2.85. The molecule has 1 aromatic rings. The number of alkyl halides is 3. The highest BCUT2D eigenvalue weighted by atomic mass is 19.4. The molecule has 1 aromatic carbocycles. The zero-order valence-corrected chi connectivity index (χ0v) is 12.9. The van der Waals surface area contributed by atoms with Crippen LogP contribution >= 0.6 is 0 Å². The molecule has 1 aliphatic heterocycles. The maximum Gasteiger partial charge on any atom is 0.416 e. The van der Waals surface area contributed by atoms with Gasteiger partial charge >= 0.3 is 6.18 Å². The van der Waals surface area contributed by atoms with Crippen LogP contribution in [0.4, 0.5) is 13.2 Å². The van der Waals surface area contributed by atoms with E-state index in [0.29, 0.717) is 25.3 Å². The summed E-state index contributed by atoms with van der Waals surface area (Å²) in [4.78, 5) is 1.89. The minimum Gasteiger partial charge on any atom is -0.493 e. The SMILES string of the molecule is COc1ccc(C(F)(F)F)c(C2CC(CN)CN2C)c1OC. The standard InChI is InChI=1S/C15H21F3N2O2/c1-20-8-9(7-19)6-11(20)13-10(15(16,17)18)4-5-12(21-2)14(13)22-3/h4-5,9,11H,6-8,19H2,1-3H3. The molecule has 1 aliphatic rings. The summed E-state index contributed by atoms with van der Waals surface area (Å²) in [5, 5.41) is 0. The molecule has 1 fully saturated rings. The Labute approximate surface area is 128 Å². The van der Waals surface area contributed by atoms with Gasteiger partial charge in [0.05, 0.1) is 19.8 Å². The molecule has 0 bridgehead atoms. The van der Waals surface area contributed by atoms with Crippen LogP contribution in [-0.2, 0) is 6.18 Å². The van der Waals surface area contributed by atoms with Gasteiger partial charge in [0.1, 0.15) is 0 Å². The summed E-state index contributed by atoms with van der Waals surface area (Å²) in [5.41, 5.74) is 5.13. The quantitative estimate of drug-likeness (QED) is 0.927. The summed E-state index contributed by atoms with van der Waals surface area (Å²) >= 11 is 0. The Morgan fingerprint density at radius 2 is 1.95 bits per heavy atom. The molecule has 0 amide bonds. The van der Waals surface area contributed by atoms with E-state index in [1.54, 1.807) is 7.05 Å². The number of hydrogen-bond donors (Lipinski definition) is 1. The predicted molar refractivity (Wildman–Crippen MR) is 77.1 cm³/mol. The highest BCUT2D eigenvalue weighted by Gasteiger charge is 2.41. The second-order valence-electron chi connectivity index (χ2n) is 5.55. The molecular formula is C15H21F3N2O2. The first kappa shape index (κ1) is 16.9. The topological polar surface area (TPSA) is 47.7 Å². The highest BCUT2D eigenvalue weighted by Crippen LogP contribution is 2.48. The fourth-order valence-electron chi connectivity index (χ4n) is 3.14. The van der Waals surface area contributed by atoms with Crippen LogP contribution in [0.25, 0.3) is 0 Å². The summed E-state index contributed by atoms with van der Waals surface area (Å²) in [6.07, 6.45) is -3.88. The average molecular weight is 318 g/mol. The van der Waals surface area contributed by atoms with Gasteiger partial charge < -0.3 is 15.2 Å². The molecule has 0 spiro atoms. The van der Waals surface area contributed by atoms with Crippen LogP contribution in [-0.4, -0.2) is 39.3 Å². The lowest BCUT2D eigenvalue weighted by Crippen LogP contribution is -2.23. The number of nitrogens with zero attached hydrogens (tertiary/aromatic N) is 1. The van der Waals surface area contributed by atoms with Crippen molar-refractivity contribution in [1.29, 1.82) is 0 Å². The highest BCUT2D eigenvalue weighted by molar-refractivity contribution is 5.53. The molecule has 1 heterocycles.